The van der Waals surface area contributed by atoms with Crippen LogP contribution < -0.4 is 9.47 Å². The van der Waals surface area contributed by atoms with E-state index >= 15 is 0 Å². The van der Waals surface area contributed by atoms with Gasteiger partial charge in [-0.05, 0) is 35.4 Å². The van der Waals surface area contributed by atoms with E-state index in [0.717, 1.165) is 17.7 Å². The summed E-state index contributed by atoms with van der Waals surface area (Å²) in [6.07, 6.45) is 2.94. The zero-order chi connectivity index (χ0) is 20.3. The van der Waals surface area contributed by atoms with Crippen LogP contribution in [0.25, 0.3) is 0 Å². The largest absolute Gasteiger partial charge is 0.493 e. The zero-order valence-electron chi connectivity index (χ0n) is 15.2. The highest BCUT2D eigenvalue weighted by Crippen LogP contribution is 2.28. The van der Waals surface area contributed by atoms with E-state index in [0.29, 0.717) is 11.5 Å². The SMILES string of the molecule is COc1ccc(CC(=O)c2cn(Cc3cc(F)c(F)c(F)c3)cn2)cc1OC. The first-order valence-corrected chi connectivity index (χ1v) is 8.30. The molecule has 1 heterocycles. The van der Waals surface area contributed by atoms with Gasteiger partial charge >= 0.3 is 0 Å². The molecule has 0 aliphatic carbocycles. The Balaban J connectivity index is 1.72. The molecule has 0 saturated heterocycles. The van der Waals surface area contributed by atoms with E-state index in [-0.39, 0.29) is 30.0 Å². The lowest BCUT2D eigenvalue weighted by Gasteiger charge is -2.08. The number of methoxy groups -OCH3 is 2. The zero-order valence-corrected chi connectivity index (χ0v) is 15.2. The van der Waals surface area contributed by atoms with Crippen LogP contribution in [0.4, 0.5) is 13.2 Å². The summed E-state index contributed by atoms with van der Waals surface area (Å²) in [4.78, 5) is 16.5. The lowest BCUT2D eigenvalue weighted by atomic mass is 10.1. The summed E-state index contributed by atoms with van der Waals surface area (Å²) in [6.45, 7) is 0.0464. The minimum absolute atomic E-state index is 0.0464. The molecule has 2 aromatic carbocycles. The first-order chi connectivity index (χ1) is 13.4. The van der Waals surface area contributed by atoms with Gasteiger partial charge in [0.15, 0.2) is 34.7 Å². The van der Waals surface area contributed by atoms with Gasteiger partial charge in [0.2, 0.25) is 0 Å². The number of Topliss-reactive ketones (excluding diaryl/α,β-unsaturated/α-hetero) is 1. The van der Waals surface area contributed by atoms with Crippen LogP contribution in [-0.2, 0) is 13.0 Å². The number of ether oxygens (including phenoxy) is 2. The van der Waals surface area contributed by atoms with Gasteiger partial charge in [0, 0.05) is 19.2 Å². The molecule has 0 saturated carbocycles. The van der Waals surface area contributed by atoms with Crippen LogP contribution in [0, 0.1) is 17.5 Å². The molecule has 0 aliphatic rings. The summed E-state index contributed by atoms with van der Waals surface area (Å²) >= 11 is 0. The van der Waals surface area contributed by atoms with Crippen LogP contribution in [0.1, 0.15) is 21.6 Å². The van der Waals surface area contributed by atoms with Crippen molar-refractivity contribution in [3.05, 3.63) is 77.1 Å². The monoisotopic (exact) mass is 390 g/mol. The molecule has 3 rings (SSSR count). The second-order valence-electron chi connectivity index (χ2n) is 6.09. The maximum absolute atomic E-state index is 13.3. The molecule has 0 unspecified atom stereocenters. The number of aromatic nitrogens is 2. The molecule has 0 atom stereocenters. The molecule has 5 nitrogen and oxygen atoms in total. The highest BCUT2D eigenvalue weighted by molar-refractivity contribution is 5.95. The molecule has 0 radical (unpaired) electrons. The number of benzene rings is 2. The summed E-state index contributed by atoms with van der Waals surface area (Å²) in [5.74, 6) is -3.21. The molecule has 0 aliphatic heterocycles. The van der Waals surface area contributed by atoms with Crippen LogP contribution in [0.3, 0.4) is 0 Å². The first-order valence-electron chi connectivity index (χ1n) is 8.30. The molecule has 0 N–H and O–H groups in total. The number of hydrogen-bond acceptors (Lipinski definition) is 4. The van der Waals surface area contributed by atoms with Crippen LogP contribution in [0.15, 0.2) is 42.9 Å². The van der Waals surface area contributed by atoms with Crippen molar-refractivity contribution in [2.75, 3.05) is 14.2 Å². The minimum atomic E-state index is -1.51. The highest BCUT2D eigenvalue weighted by Gasteiger charge is 2.14. The molecule has 0 amide bonds. The first kappa shape index (κ1) is 19.5. The second-order valence-corrected chi connectivity index (χ2v) is 6.09. The van der Waals surface area contributed by atoms with Crippen molar-refractivity contribution in [3.8, 4) is 11.5 Å². The van der Waals surface area contributed by atoms with Crippen molar-refractivity contribution >= 4 is 5.78 Å². The number of nitrogens with zero attached hydrogens (tertiary/aromatic N) is 2. The maximum Gasteiger partial charge on any atom is 0.194 e. The predicted molar refractivity (Wildman–Crippen MR) is 95.2 cm³/mol. The van der Waals surface area contributed by atoms with Gasteiger partial charge in [-0.25, -0.2) is 18.2 Å². The number of ketones is 1. The van der Waals surface area contributed by atoms with E-state index in [2.05, 4.69) is 4.98 Å². The van der Waals surface area contributed by atoms with Gasteiger partial charge < -0.3 is 14.0 Å². The molecular weight excluding hydrogens is 373 g/mol. The van der Waals surface area contributed by atoms with Gasteiger partial charge in [-0.3, -0.25) is 4.79 Å². The Labute approximate surface area is 159 Å². The summed E-state index contributed by atoms with van der Waals surface area (Å²) in [7, 11) is 3.03. The summed E-state index contributed by atoms with van der Waals surface area (Å²) in [5.41, 5.74) is 1.14. The third-order valence-electron chi connectivity index (χ3n) is 4.14. The van der Waals surface area contributed by atoms with Crippen molar-refractivity contribution in [2.45, 2.75) is 13.0 Å². The molecule has 28 heavy (non-hydrogen) atoms. The van der Waals surface area contributed by atoms with Gasteiger partial charge in [0.1, 0.15) is 5.69 Å². The number of carbonyl (C=O) groups excluding carboxylic acids is 1. The number of halogens is 3. The number of carbonyl (C=O) groups is 1. The molecule has 1 aromatic heterocycles. The third-order valence-corrected chi connectivity index (χ3v) is 4.14. The van der Waals surface area contributed by atoms with Gasteiger partial charge in [-0.15, -0.1) is 0 Å². The quantitative estimate of drug-likeness (QED) is 0.455. The lowest BCUT2D eigenvalue weighted by Crippen LogP contribution is -2.05. The van der Waals surface area contributed by atoms with Crippen molar-refractivity contribution < 1.29 is 27.4 Å². The fourth-order valence-electron chi connectivity index (χ4n) is 2.77. The standard InChI is InChI=1S/C20H17F3N2O3/c1-27-18-4-3-12(8-19(18)28-2)7-17(26)16-10-25(11-24-16)9-13-5-14(21)20(23)15(22)6-13/h3-6,8,10-11H,7,9H2,1-2H3. The normalized spacial score (nSPS) is 10.8. The van der Waals surface area contributed by atoms with E-state index in [9.17, 15) is 18.0 Å². The Morgan fingerprint density at radius 2 is 1.68 bits per heavy atom. The van der Waals surface area contributed by atoms with Crippen LogP contribution in [0.5, 0.6) is 11.5 Å². The molecule has 0 bridgehead atoms. The lowest BCUT2D eigenvalue weighted by molar-refractivity contribution is 0.0988. The second kappa shape index (κ2) is 8.16. The summed E-state index contributed by atoms with van der Waals surface area (Å²) in [5, 5.41) is 0. The molecule has 146 valence electrons. The van der Waals surface area contributed by atoms with Gasteiger partial charge in [0.05, 0.1) is 20.5 Å². The van der Waals surface area contributed by atoms with E-state index in [1.807, 2.05) is 0 Å². The Morgan fingerprint density at radius 3 is 2.32 bits per heavy atom. The smallest absolute Gasteiger partial charge is 0.194 e. The average molecular weight is 390 g/mol. The number of rotatable bonds is 7. The molecule has 0 fully saturated rings. The highest BCUT2D eigenvalue weighted by atomic mass is 19.2. The van der Waals surface area contributed by atoms with Crippen LogP contribution in [-0.4, -0.2) is 29.6 Å². The Morgan fingerprint density at radius 1 is 1.00 bits per heavy atom. The number of imidazole rings is 1. The van der Waals surface area contributed by atoms with E-state index in [4.69, 9.17) is 9.47 Å². The molecular formula is C20H17F3N2O3. The van der Waals surface area contributed by atoms with E-state index in [1.54, 1.807) is 18.2 Å². The van der Waals surface area contributed by atoms with Crippen molar-refractivity contribution in [1.82, 2.24) is 9.55 Å². The molecule has 3 aromatic rings. The van der Waals surface area contributed by atoms with Crippen molar-refractivity contribution in [1.29, 1.82) is 0 Å². The predicted octanol–water partition coefficient (Wildman–Crippen LogP) is 3.79. The average Bonchev–Trinajstić information content (AvgIpc) is 3.14. The van der Waals surface area contributed by atoms with Crippen molar-refractivity contribution in [3.63, 3.8) is 0 Å². The molecule has 8 heteroatoms. The third kappa shape index (κ3) is 4.16. The molecule has 0 spiro atoms. The van der Waals surface area contributed by atoms with Crippen LogP contribution >= 0.6 is 0 Å². The summed E-state index contributed by atoms with van der Waals surface area (Å²) in [6, 6.07) is 6.98. The Kier molecular flexibility index (Phi) is 5.67. The topological polar surface area (TPSA) is 53.4 Å². The van der Waals surface area contributed by atoms with Gasteiger partial charge in [0.25, 0.3) is 0 Å². The summed E-state index contributed by atoms with van der Waals surface area (Å²) < 4.78 is 51.6. The Bertz CT molecular complexity index is 995. The van der Waals surface area contributed by atoms with Crippen molar-refractivity contribution in [2.24, 2.45) is 0 Å². The van der Waals surface area contributed by atoms with E-state index < -0.39 is 17.5 Å². The van der Waals surface area contributed by atoms with Gasteiger partial charge in [-0.1, -0.05) is 6.07 Å². The Hall–Kier alpha value is -3.29. The van der Waals surface area contributed by atoms with Crippen LogP contribution in [0.2, 0.25) is 0 Å². The fourth-order valence-corrected chi connectivity index (χ4v) is 2.77. The van der Waals surface area contributed by atoms with Gasteiger partial charge in [-0.2, -0.15) is 0 Å². The number of hydrogen-bond donors (Lipinski definition) is 0. The van der Waals surface area contributed by atoms with E-state index in [1.165, 1.54) is 31.3 Å². The maximum atomic E-state index is 13.3. The fraction of sp³-hybridized carbons (Fsp3) is 0.200. The minimum Gasteiger partial charge on any atom is -0.493 e.